The number of aromatic nitrogens is 5. The fourth-order valence-corrected chi connectivity index (χ4v) is 1.76. The smallest absolute Gasteiger partial charge is 0.199 e. The first-order valence-electron chi connectivity index (χ1n) is 4.87. The van der Waals surface area contributed by atoms with Gasteiger partial charge in [-0.15, -0.1) is 5.10 Å². The monoisotopic (exact) mass is 205 g/mol. The van der Waals surface area contributed by atoms with E-state index in [0.717, 1.165) is 18.7 Å². The van der Waals surface area contributed by atoms with E-state index in [1.807, 2.05) is 0 Å². The summed E-state index contributed by atoms with van der Waals surface area (Å²) in [6.45, 7) is 0. The highest BCUT2D eigenvalue weighted by molar-refractivity contribution is 5.44. The van der Waals surface area contributed by atoms with Crippen LogP contribution in [0.15, 0.2) is 12.4 Å². The summed E-state index contributed by atoms with van der Waals surface area (Å²) in [7, 11) is 0. The number of hydrogen-bond donors (Lipinski definition) is 2. The molecule has 0 radical (unpaired) electrons. The van der Waals surface area contributed by atoms with E-state index in [4.69, 9.17) is 5.73 Å². The molecular weight excluding hydrogens is 194 g/mol. The van der Waals surface area contributed by atoms with E-state index in [-0.39, 0.29) is 0 Å². The van der Waals surface area contributed by atoms with E-state index in [0.29, 0.717) is 17.7 Å². The van der Waals surface area contributed by atoms with E-state index in [2.05, 4.69) is 25.8 Å². The van der Waals surface area contributed by atoms with Gasteiger partial charge in [0.05, 0.1) is 12.4 Å². The standard InChI is InChI=1S/C8H11N7/c9-5-1-6(2-5)11-7-3-10-4-8-12-13-14-15(7)8/h3-6,11H,1-2,9H2. The summed E-state index contributed by atoms with van der Waals surface area (Å²) in [6.07, 6.45) is 5.31. The summed E-state index contributed by atoms with van der Waals surface area (Å²) in [4.78, 5) is 4.06. The number of fused-ring (bicyclic) bond motifs is 1. The van der Waals surface area contributed by atoms with Crippen molar-refractivity contribution in [2.24, 2.45) is 5.73 Å². The highest BCUT2D eigenvalue weighted by Crippen LogP contribution is 2.21. The molecule has 2 aromatic heterocycles. The van der Waals surface area contributed by atoms with Crippen molar-refractivity contribution in [1.29, 1.82) is 0 Å². The number of nitrogens with zero attached hydrogens (tertiary/aromatic N) is 5. The van der Waals surface area contributed by atoms with Crippen molar-refractivity contribution in [2.75, 3.05) is 5.32 Å². The van der Waals surface area contributed by atoms with Gasteiger partial charge in [0.1, 0.15) is 0 Å². The summed E-state index contributed by atoms with van der Waals surface area (Å²) in [6, 6.07) is 0.736. The first-order valence-corrected chi connectivity index (χ1v) is 4.87. The minimum atomic E-state index is 0.323. The average molecular weight is 205 g/mol. The van der Waals surface area contributed by atoms with Crippen LogP contribution in [0, 0.1) is 0 Å². The molecule has 2 heterocycles. The van der Waals surface area contributed by atoms with Crippen LogP contribution in [0.5, 0.6) is 0 Å². The van der Waals surface area contributed by atoms with Gasteiger partial charge >= 0.3 is 0 Å². The van der Waals surface area contributed by atoms with Crippen molar-refractivity contribution in [3.63, 3.8) is 0 Å². The number of anilines is 1. The SMILES string of the molecule is NC1CC(Nc2cncc3nnnn23)C1. The molecule has 3 rings (SSSR count). The molecule has 0 spiro atoms. The third-order valence-electron chi connectivity index (χ3n) is 2.64. The maximum atomic E-state index is 5.71. The second kappa shape index (κ2) is 3.13. The van der Waals surface area contributed by atoms with Crippen LogP contribution in [-0.4, -0.2) is 37.1 Å². The lowest BCUT2D eigenvalue weighted by Gasteiger charge is -2.33. The summed E-state index contributed by atoms with van der Waals surface area (Å²) in [5, 5.41) is 14.6. The van der Waals surface area contributed by atoms with Crippen molar-refractivity contribution < 1.29 is 0 Å². The Labute approximate surface area is 85.7 Å². The lowest BCUT2D eigenvalue weighted by atomic mass is 9.88. The van der Waals surface area contributed by atoms with Crippen LogP contribution in [0.2, 0.25) is 0 Å². The Morgan fingerprint density at radius 3 is 3.07 bits per heavy atom. The van der Waals surface area contributed by atoms with Gasteiger partial charge in [-0.3, -0.25) is 4.98 Å². The molecule has 78 valence electrons. The zero-order chi connectivity index (χ0) is 10.3. The van der Waals surface area contributed by atoms with Gasteiger partial charge in [0.15, 0.2) is 11.5 Å². The maximum Gasteiger partial charge on any atom is 0.199 e. The van der Waals surface area contributed by atoms with Gasteiger partial charge in [-0.05, 0) is 23.3 Å². The Morgan fingerprint density at radius 2 is 2.27 bits per heavy atom. The van der Waals surface area contributed by atoms with Crippen LogP contribution in [0.4, 0.5) is 5.82 Å². The third kappa shape index (κ3) is 1.40. The highest BCUT2D eigenvalue weighted by Gasteiger charge is 2.26. The number of tetrazole rings is 1. The highest BCUT2D eigenvalue weighted by atomic mass is 15.5. The molecule has 1 aliphatic rings. The Bertz CT molecular complexity index is 473. The zero-order valence-electron chi connectivity index (χ0n) is 8.04. The predicted molar refractivity (Wildman–Crippen MR) is 53.2 cm³/mol. The van der Waals surface area contributed by atoms with E-state index in [9.17, 15) is 0 Å². The first-order chi connectivity index (χ1) is 7.33. The van der Waals surface area contributed by atoms with Crippen LogP contribution in [0.3, 0.4) is 0 Å². The summed E-state index contributed by atoms with van der Waals surface area (Å²) in [5.41, 5.74) is 6.35. The molecule has 3 N–H and O–H groups in total. The molecule has 0 amide bonds. The van der Waals surface area contributed by atoms with Gasteiger partial charge in [0, 0.05) is 12.1 Å². The van der Waals surface area contributed by atoms with E-state index in [1.54, 1.807) is 16.9 Å². The molecule has 7 heteroatoms. The van der Waals surface area contributed by atoms with Gasteiger partial charge in [-0.25, -0.2) is 0 Å². The lowest BCUT2D eigenvalue weighted by molar-refractivity contribution is 0.372. The molecule has 0 bridgehead atoms. The Morgan fingerprint density at radius 1 is 1.40 bits per heavy atom. The zero-order valence-corrected chi connectivity index (χ0v) is 8.04. The molecule has 1 fully saturated rings. The van der Waals surface area contributed by atoms with Gasteiger partial charge in [0.25, 0.3) is 0 Å². The van der Waals surface area contributed by atoms with Crippen molar-refractivity contribution in [2.45, 2.75) is 24.9 Å². The summed E-state index contributed by atoms with van der Waals surface area (Å²) >= 11 is 0. The minimum absolute atomic E-state index is 0.323. The summed E-state index contributed by atoms with van der Waals surface area (Å²) < 4.78 is 1.64. The van der Waals surface area contributed by atoms with Crippen molar-refractivity contribution in [3.8, 4) is 0 Å². The van der Waals surface area contributed by atoms with Gasteiger partial charge in [0.2, 0.25) is 0 Å². The molecule has 7 nitrogen and oxygen atoms in total. The lowest BCUT2D eigenvalue weighted by Crippen LogP contribution is -2.44. The maximum absolute atomic E-state index is 5.71. The van der Waals surface area contributed by atoms with Crippen LogP contribution >= 0.6 is 0 Å². The first kappa shape index (κ1) is 8.54. The van der Waals surface area contributed by atoms with Gasteiger partial charge < -0.3 is 11.1 Å². The van der Waals surface area contributed by atoms with Crippen molar-refractivity contribution >= 4 is 11.5 Å². The number of hydrogen-bond acceptors (Lipinski definition) is 6. The molecule has 1 aliphatic carbocycles. The molecule has 0 atom stereocenters. The second-order valence-electron chi connectivity index (χ2n) is 3.81. The van der Waals surface area contributed by atoms with Crippen molar-refractivity contribution in [3.05, 3.63) is 12.4 Å². The average Bonchev–Trinajstić information content (AvgIpc) is 2.64. The molecule has 1 saturated carbocycles. The van der Waals surface area contributed by atoms with E-state index >= 15 is 0 Å². The van der Waals surface area contributed by atoms with Crippen LogP contribution in [0.1, 0.15) is 12.8 Å². The molecule has 15 heavy (non-hydrogen) atoms. The number of rotatable bonds is 2. The topological polar surface area (TPSA) is 94.0 Å². The molecule has 0 saturated heterocycles. The fourth-order valence-electron chi connectivity index (χ4n) is 1.76. The van der Waals surface area contributed by atoms with Crippen LogP contribution in [0.25, 0.3) is 5.65 Å². The molecule has 2 aromatic rings. The Hall–Kier alpha value is -1.76. The molecule has 0 unspecified atom stereocenters. The third-order valence-corrected chi connectivity index (χ3v) is 2.64. The largest absolute Gasteiger partial charge is 0.366 e. The summed E-state index contributed by atoms with van der Waals surface area (Å²) in [5.74, 6) is 0.814. The minimum Gasteiger partial charge on any atom is -0.366 e. The number of nitrogens with one attached hydrogen (secondary N) is 1. The second-order valence-corrected chi connectivity index (χ2v) is 3.81. The van der Waals surface area contributed by atoms with E-state index in [1.165, 1.54) is 0 Å². The molecular formula is C8H11N7. The number of nitrogens with two attached hydrogens (primary N) is 1. The Kier molecular flexibility index (Phi) is 1.78. The van der Waals surface area contributed by atoms with Gasteiger partial charge in [-0.2, -0.15) is 4.52 Å². The van der Waals surface area contributed by atoms with Crippen LogP contribution in [-0.2, 0) is 0 Å². The fraction of sp³-hybridized carbons (Fsp3) is 0.500. The quantitative estimate of drug-likeness (QED) is 0.681. The van der Waals surface area contributed by atoms with E-state index < -0.39 is 0 Å². The molecule has 0 aliphatic heterocycles. The van der Waals surface area contributed by atoms with Crippen LogP contribution < -0.4 is 11.1 Å². The molecule has 0 aromatic carbocycles. The predicted octanol–water partition coefficient (Wildman–Crippen LogP) is -0.579. The Balaban J connectivity index is 1.87. The van der Waals surface area contributed by atoms with Crippen molar-refractivity contribution in [1.82, 2.24) is 25.0 Å². The van der Waals surface area contributed by atoms with Gasteiger partial charge in [-0.1, -0.05) is 0 Å². The normalized spacial score (nSPS) is 25.1.